The van der Waals surface area contributed by atoms with E-state index in [9.17, 15) is 0 Å². The number of rotatable bonds is 5. The van der Waals surface area contributed by atoms with Crippen LogP contribution < -0.4 is 24.8 Å². The summed E-state index contributed by atoms with van der Waals surface area (Å²) in [6.07, 6.45) is 3.36. The second-order valence-corrected chi connectivity index (χ2v) is 9.40. The summed E-state index contributed by atoms with van der Waals surface area (Å²) in [5.74, 6) is 0. The van der Waals surface area contributed by atoms with Crippen LogP contribution in [0.4, 0.5) is 0 Å². The monoisotopic (exact) mass is 332 g/mol. The fourth-order valence-corrected chi connectivity index (χ4v) is 7.20. The van der Waals surface area contributed by atoms with Crippen LogP contribution in [0.5, 0.6) is 0 Å². The molecule has 0 atom stereocenters. The average molecular weight is 334 g/mol. The summed E-state index contributed by atoms with van der Waals surface area (Å²) in [6.45, 7) is 11.2. The minimum Gasteiger partial charge on any atom is -1.00 e. The van der Waals surface area contributed by atoms with E-state index >= 15 is 0 Å². The van der Waals surface area contributed by atoms with Crippen LogP contribution in [0.2, 0.25) is 4.28 Å². The summed E-state index contributed by atoms with van der Waals surface area (Å²) in [7, 11) is 12.5. The van der Waals surface area contributed by atoms with Crippen molar-refractivity contribution in [3.63, 3.8) is 0 Å². The summed E-state index contributed by atoms with van der Waals surface area (Å²) < 4.78 is 0.199. The zero-order valence-corrected chi connectivity index (χ0v) is 16.5. The topological polar surface area (TPSA) is 0 Å². The van der Waals surface area contributed by atoms with Gasteiger partial charge >= 0.3 is 35.4 Å². The van der Waals surface area contributed by atoms with Gasteiger partial charge in [0.2, 0.25) is 0 Å². The first-order valence-corrected chi connectivity index (χ1v) is 9.23. The van der Waals surface area contributed by atoms with Gasteiger partial charge in [-0.2, -0.15) is 0 Å². The molecule has 0 aromatic rings. The number of halogens is 4. The molecule has 0 bridgehead atoms. The molecule has 0 aliphatic heterocycles. The molecule has 0 N–H and O–H groups in total. The molecule has 0 nitrogen and oxygen atoms in total. The molecular formula is C10H21AlCl4Mg. The van der Waals surface area contributed by atoms with Crippen LogP contribution in [0.1, 0.15) is 53.9 Å². The second kappa shape index (κ2) is 11.3. The van der Waals surface area contributed by atoms with Crippen molar-refractivity contribution >= 4 is 55.5 Å². The first-order chi connectivity index (χ1) is 5.88. The molecule has 0 aromatic heterocycles. The van der Waals surface area contributed by atoms with Crippen LogP contribution in [0.25, 0.3) is 0 Å². The fourth-order valence-electron chi connectivity index (χ4n) is 2.16. The minimum atomic E-state index is -1.62. The smallest absolute Gasteiger partial charge is 1.00 e. The van der Waals surface area contributed by atoms with Gasteiger partial charge in [-0.15, -0.1) is 0 Å². The molecule has 0 saturated carbocycles. The van der Waals surface area contributed by atoms with E-state index in [1.54, 1.807) is 0 Å². The van der Waals surface area contributed by atoms with Gasteiger partial charge in [-0.25, -0.2) is 20.1 Å². The van der Waals surface area contributed by atoms with E-state index in [2.05, 4.69) is 34.6 Å². The molecular weight excluding hydrogens is 313 g/mol. The molecule has 0 amide bonds. The Kier molecular flexibility index (Phi) is 19.0. The molecule has 0 unspecified atom stereocenters. The number of hydrogen-bond acceptors (Lipinski definition) is 0. The summed E-state index contributed by atoms with van der Waals surface area (Å²) in [4.78, 5) is 0. The SMILES string of the molecule is CCC(C)(C)[C](CC)(CC)[Al]([Cl])[Cl].[Cl-].[Cl-].[Mg+2]. The molecule has 0 fully saturated rings. The van der Waals surface area contributed by atoms with Gasteiger partial charge in [-0.3, -0.25) is 0 Å². The Morgan fingerprint density at radius 3 is 1.25 bits per heavy atom. The van der Waals surface area contributed by atoms with Gasteiger partial charge < -0.3 is 24.8 Å². The van der Waals surface area contributed by atoms with E-state index in [0.717, 1.165) is 19.3 Å². The molecule has 0 aliphatic carbocycles. The Morgan fingerprint density at radius 2 is 1.19 bits per heavy atom. The van der Waals surface area contributed by atoms with Crippen LogP contribution in [-0.2, 0) is 0 Å². The Bertz CT molecular complexity index is 161. The van der Waals surface area contributed by atoms with E-state index in [1.807, 2.05) is 0 Å². The van der Waals surface area contributed by atoms with Crippen molar-refractivity contribution in [1.82, 2.24) is 0 Å². The van der Waals surface area contributed by atoms with Gasteiger partial charge in [0.15, 0.2) is 0 Å². The quantitative estimate of drug-likeness (QED) is 0.541. The maximum Gasteiger partial charge on any atom is 2.00 e. The Balaban J connectivity index is -0.000000240. The molecule has 6 heteroatoms. The molecule has 0 radical (unpaired) electrons. The van der Waals surface area contributed by atoms with E-state index < -0.39 is 12.3 Å². The third-order valence-corrected chi connectivity index (χ3v) is 8.85. The van der Waals surface area contributed by atoms with Crippen molar-refractivity contribution in [3.05, 3.63) is 0 Å². The van der Waals surface area contributed by atoms with Crippen molar-refractivity contribution < 1.29 is 24.8 Å². The van der Waals surface area contributed by atoms with Crippen molar-refractivity contribution in [2.24, 2.45) is 5.41 Å². The molecule has 0 saturated heterocycles. The van der Waals surface area contributed by atoms with Gasteiger partial charge in [0.05, 0.1) is 0 Å². The zero-order chi connectivity index (χ0) is 10.7. The zero-order valence-electron chi connectivity index (χ0n) is 10.9. The molecule has 0 aromatic carbocycles. The number of hydrogen-bond donors (Lipinski definition) is 0. The maximum absolute atomic E-state index is 6.27. The molecule has 16 heavy (non-hydrogen) atoms. The van der Waals surface area contributed by atoms with Gasteiger partial charge in [0.1, 0.15) is 0 Å². The predicted octanol–water partition coefficient (Wildman–Crippen LogP) is -1.42. The van der Waals surface area contributed by atoms with Gasteiger partial charge in [-0.05, 0) is 9.69 Å². The van der Waals surface area contributed by atoms with Crippen LogP contribution >= 0.6 is 20.1 Å². The van der Waals surface area contributed by atoms with Gasteiger partial charge in [0, 0.05) is 0 Å². The van der Waals surface area contributed by atoms with Gasteiger partial charge in [-0.1, -0.05) is 53.9 Å². The molecule has 94 valence electrons. The van der Waals surface area contributed by atoms with E-state index in [4.69, 9.17) is 20.1 Å². The standard InChI is InChI=1S/C10H21.Al.4ClH.Mg/c1-6-9(7-2)10(4,5)8-3;;;;;;/h6-8H2,1-5H3;;4*1H;/q;+2;;;;;+2/p-4. The van der Waals surface area contributed by atoms with E-state index in [1.165, 1.54) is 0 Å². The van der Waals surface area contributed by atoms with E-state index in [0.29, 0.717) is 0 Å². The summed E-state index contributed by atoms with van der Waals surface area (Å²) in [5, 5.41) is 0. The fraction of sp³-hybridized carbons (Fsp3) is 1.00. The van der Waals surface area contributed by atoms with Crippen LogP contribution in [0.15, 0.2) is 0 Å². The van der Waals surface area contributed by atoms with Gasteiger partial charge in [0.25, 0.3) is 0 Å². The van der Waals surface area contributed by atoms with Crippen molar-refractivity contribution in [3.8, 4) is 0 Å². The summed E-state index contributed by atoms with van der Waals surface area (Å²) >= 11 is -1.62. The predicted molar refractivity (Wildman–Crippen MR) is 70.6 cm³/mol. The van der Waals surface area contributed by atoms with Crippen LogP contribution in [0, 0.1) is 5.41 Å². The summed E-state index contributed by atoms with van der Waals surface area (Å²) in [5.41, 5.74) is 0.275. The first-order valence-electron chi connectivity index (χ1n) is 5.16. The Hall–Kier alpha value is 2.46. The first kappa shape index (κ1) is 26.9. The largest absolute Gasteiger partial charge is 2.00 e. The third-order valence-electron chi connectivity index (χ3n) is 3.91. The normalized spacial score (nSPS) is 10.7. The Morgan fingerprint density at radius 1 is 0.875 bits per heavy atom. The molecule has 0 rings (SSSR count). The summed E-state index contributed by atoms with van der Waals surface area (Å²) in [6, 6.07) is 0. The van der Waals surface area contributed by atoms with Crippen molar-refractivity contribution in [1.29, 1.82) is 0 Å². The third kappa shape index (κ3) is 5.62. The van der Waals surface area contributed by atoms with Crippen molar-refractivity contribution in [2.45, 2.75) is 58.2 Å². The molecule has 0 spiro atoms. The van der Waals surface area contributed by atoms with E-state index in [-0.39, 0.29) is 57.6 Å². The van der Waals surface area contributed by atoms with Crippen molar-refractivity contribution in [2.75, 3.05) is 0 Å². The second-order valence-electron chi connectivity index (χ2n) is 4.40. The van der Waals surface area contributed by atoms with Crippen LogP contribution in [-0.4, -0.2) is 35.4 Å². The van der Waals surface area contributed by atoms with Crippen LogP contribution in [0.3, 0.4) is 0 Å². The Labute approximate surface area is 142 Å². The average Bonchev–Trinajstić information content (AvgIpc) is 2.06. The minimum absolute atomic E-state index is 0. The molecule has 0 aliphatic rings. The maximum atomic E-state index is 6.27. The molecule has 0 heterocycles.